The van der Waals surface area contributed by atoms with Crippen molar-refractivity contribution in [3.8, 4) is 5.75 Å². The molecule has 0 radical (unpaired) electrons. The molecule has 0 saturated carbocycles. The van der Waals surface area contributed by atoms with Gasteiger partial charge >= 0.3 is 0 Å². The van der Waals surface area contributed by atoms with E-state index in [-0.39, 0.29) is 17.3 Å². The van der Waals surface area contributed by atoms with Gasteiger partial charge in [0.2, 0.25) is 0 Å². The summed E-state index contributed by atoms with van der Waals surface area (Å²) in [6.07, 6.45) is 3.46. The number of phenols is 1. The molecule has 0 aliphatic rings. The van der Waals surface area contributed by atoms with Crippen LogP contribution in [0.2, 0.25) is 5.02 Å². The molecule has 98 valence electrons. The van der Waals surface area contributed by atoms with Gasteiger partial charge in [-0.3, -0.25) is 4.79 Å². The second kappa shape index (κ2) is 5.67. The van der Waals surface area contributed by atoms with Crippen molar-refractivity contribution < 1.29 is 9.90 Å². The highest BCUT2D eigenvalue weighted by molar-refractivity contribution is 6.31. The van der Waals surface area contributed by atoms with Crippen molar-refractivity contribution in [3.63, 3.8) is 0 Å². The topological polar surface area (TPSA) is 75.1 Å². The van der Waals surface area contributed by atoms with Crippen LogP contribution in [0, 0.1) is 0 Å². The van der Waals surface area contributed by atoms with Crippen molar-refractivity contribution in [1.82, 2.24) is 9.97 Å². The summed E-state index contributed by atoms with van der Waals surface area (Å²) in [5.74, 6) is -0.428. The van der Waals surface area contributed by atoms with Crippen molar-refractivity contribution in [2.45, 2.75) is 13.3 Å². The lowest BCUT2D eigenvalue weighted by Crippen LogP contribution is -2.15. The van der Waals surface area contributed by atoms with E-state index in [2.05, 4.69) is 15.3 Å². The van der Waals surface area contributed by atoms with E-state index in [0.29, 0.717) is 22.7 Å². The molecule has 0 aliphatic heterocycles. The van der Waals surface area contributed by atoms with Crippen molar-refractivity contribution >= 4 is 23.2 Å². The van der Waals surface area contributed by atoms with Gasteiger partial charge in [0.1, 0.15) is 12.1 Å². The number of hydrogen-bond donors (Lipinski definition) is 2. The van der Waals surface area contributed by atoms with E-state index >= 15 is 0 Å². The number of aromatic nitrogens is 2. The second-order valence-electron chi connectivity index (χ2n) is 3.85. The summed E-state index contributed by atoms with van der Waals surface area (Å²) < 4.78 is 0. The van der Waals surface area contributed by atoms with E-state index < -0.39 is 0 Å². The molecule has 0 unspecified atom stereocenters. The molecule has 1 heterocycles. The quantitative estimate of drug-likeness (QED) is 0.846. The Labute approximate surface area is 115 Å². The van der Waals surface area contributed by atoms with Crippen molar-refractivity contribution in [3.05, 3.63) is 47.0 Å². The first-order valence-electron chi connectivity index (χ1n) is 5.70. The van der Waals surface area contributed by atoms with Gasteiger partial charge in [0, 0.05) is 11.2 Å². The molecule has 0 spiro atoms. The molecule has 2 rings (SSSR count). The highest BCUT2D eigenvalue weighted by Crippen LogP contribution is 2.27. The van der Waals surface area contributed by atoms with Gasteiger partial charge < -0.3 is 10.4 Å². The Kier molecular flexibility index (Phi) is 3.97. The molecule has 0 fully saturated rings. The number of benzene rings is 1. The molecule has 2 N–H and O–H groups in total. The van der Waals surface area contributed by atoms with Crippen LogP contribution in [-0.2, 0) is 6.42 Å². The minimum Gasteiger partial charge on any atom is -0.506 e. The van der Waals surface area contributed by atoms with Gasteiger partial charge in [-0.1, -0.05) is 18.5 Å². The maximum Gasteiger partial charge on any atom is 0.259 e. The first kappa shape index (κ1) is 13.3. The molecule has 6 heteroatoms. The average Bonchev–Trinajstić information content (AvgIpc) is 2.42. The zero-order valence-corrected chi connectivity index (χ0v) is 11.0. The lowest BCUT2D eigenvalue weighted by molar-refractivity contribution is 0.102. The van der Waals surface area contributed by atoms with Gasteiger partial charge in [0.15, 0.2) is 0 Å². The fourth-order valence-corrected chi connectivity index (χ4v) is 1.80. The van der Waals surface area contributed by atoms with Gasteiger partial charge in [0.25, 0.3) is 5.91 Å². The number of nitrogens with zero attached hydrogens (tertiary/aromatic N) is 2. The molecule has 1 aromatic carbocycles. The summed E-state index contributed by atoms with van der Waals surface area (Å²) in [6.45, 7) is 1.90. The minimum atomic E-state index is -0.380. The summed E-state index contributed by atoms with van der Waals surface area (Å²) in [5, 5.41) is 12.7. The number of halogens is 1. The summed E-state index contributed by atoms with van der Waals surface area (Å²) in [4.78, 5) is 20.0. The third kappa shape index (κ3) is 3.00. The fraction of sp³-hybridized carbons (Fsp3) is 0.154. The van der Waals surface area contributed by atoms with Gasteiger partial charge in [-0.2, -0.15) is 0 Å². The Hall–Kier alpha value is -2.14. The molecular formula is C13H12ClN3O2. The highest BCUT2D eigenvalue weighted by atomic mass is 35.5. The Balaban J connectivity index is 2.28. The van der Waals surface area contributed by atoms with Crippen LogP contribution in [-0.4, -0.2) is 21.0 Å². The largest absolute Gasteiger partial charge is 0.506 e. The molecule has 0 aliphatic carbocycles. The third-order valence-electron chi connectivity index (χ3n) is 2.58. The summed E-state index contributed by atoms with van der Waals surface area (Å²) >= 11 is 5.82. The molecule has 5 nitrogen and oxygen atoms in total. The summed E-state index contributed by atoms with van der Waals surface area (Å²) in [7, 11) is 0. The first-order valence-corrected chi connectivity index (χ1v) is 6.08. The monoisotopic (exact) mass is 277 g/mol. The van der Waals surface area contributed by atoms with Crippen LogP contribution in [0.1, 0.15) is 23.0 Å². The van der Waals surface area contributed by atoms with E-state index in [4.69, 9.17) is 11.6 Å². The molecule has 19 heavy (non-hydrogen) atoms. The average molecular weight is 278 g/mol. The van der Waals surface area contributed by atoms with Crippen LogP contribution in [0.25, 0.3) is 0 Å². The minimum absolute atomic E-state index is 0.0485. The van der Waals surface area contributed by atoms with E-state index in [9.17, 15) is 9.90 Å². The van der Waals surface area contributed by atoms with E-state index in [1.807, 2.05) is 6.92 Å². The zero-order chi connectivity index (χ0) is 13.8. The number of rotatable bonds is 3. The van der Waals surface area contributed by atoms with Crippen LogP contribution >= 0.6 is 11.6 Å². The standard InChI is InChI=1S/C13H12ClN3O2/c1-2-10-9(6-15-7-16-10)13(19)17-11-5-8(14)3-4-12(11)18/h3-7,18H,2H2,1H3,(H,17,19). The number of aryl methyl sites for hydroxylation is 1. The van der Waals surface area contributed by atoms with E-state index in [1.165, 1.54) is 30.7 Å². The van der Waals surface area contributed by atoms with Crippen molar-refractivity contribution in [2.75, 3.05) is 5.32 Å². The van der Waals surface area contributed by atoms with E-state index in [0.717, 1.165) is 0 Å². The number of hydrogen-bond acceptors (Lipinski definition) is 4. The van der Waals surface area contributed by atoms with E-state index in [1.54, 1.807) is 0 Å². The predicted octanol–water partition coefficient (Wildman–Crippen LogP) is 2.65. The zero-order valence-electron chi connectivity index (χ0n) is 10.2. The van der Waals surface area contributed by atoms with Gasteiger partial charge in [-0.05, 0) is 24.6 Å². The summed E-state index contributed by atoms with van der Waals surface area (Å²) in [6, 6.07) is 4.43. The lowest BCUT2D eigenvalue weighted by Gasteiger charge is -2.09. The van der Waals surface area contributed by atoms with Crippen LogP contribution < -0.4 is 5.32 Å². The van der Waals surface area contributed by atoms with Crippen LogP contribution in [0.15, 0.2) is 30.7 Å². The number of carbonyl (C=O) groups excluding carboxylic acids is 1. The second-order valence-corrected chi connectivity index (χ2v) is 4.29. The van der Waals surface area contributed by atoms with Gasteiger partial charge in [0.05, 0.1) is 16.9 Å². The number of amides is 1. The van der Waals surface area contributed by atoms with Crippen LogP contribution in [0.4, 0.5) is 5.69 Å². The molecule has 0 saturated heterocycles. The summed E-state index contributed by atoms with van der Waals surface area (Å²) in [5.41, 5.74) is 1.28. The number of carbonyl (C=O) groups is 1. The molecule has 1 aromatic heterocycles. The highest BCUT2D eigenvalue weighted by Gasteiger charge is 2.13. The fourth-order valence-electron chi connectivity index (χ4n) is 1.62. The lowest BCUT2D eigenvalue weighted by atomic mass is 10.1. The molecule has 0 atom stereocenters. The first-order chi connectivity index (χ1) is 9.11. The van der Waals surface area contributed by atoms with Gasteiger partial charge in [-0.15, -0.1) is 0 Å². The Morgan fingerprint density at radius 3 is 3.00 bits per heavy atom. The molecular weight excluding hydrogens is 266 g/mol. The van der Waals surface area contributed by atoms with Crippen molar-refractivity contribution in [1.29, 1.82) is 0 Å². The maximum absolute atomic E-state index is 12.1. The SMILES string of the molecule is CCc1ncncc1C(=O)Nc1cc(Cl)ccc1O. The Morgan fingerprint density at radius 1 is 1.47 bits per heavy atom. The molecule has 1 amide bonds. The van der Waals surface area contributed by atoms with Gasteiger partial charge in [-0.25, -0.2) is 9.97 Å². The van der Waals surface area contributed by atoms with Crippen LogP contribution in [0.3, 0.4) is 0 Å². The number of anilines is 1. The Bertz CT molecular complexity index is 617. The number of phenolic OH excluding ortho intramolecular Hbond substituents is 1. The smallest absolute Gasteiger partial charge is 0.259 e. The molecule has 2 aromatic rings. The molecule has 0 bridgehead atoms. The third-order valence-corrected chi connectivity index (χ3v) is 2.82. The normalized spacial score (nSPS) is 10.2. The number of nitrogens with one attached hydrogen (secondary N) is 1. The predicted molar refractivity (Wildman–Crippen MR) is 72.5 cm³/mol. The van der Waals surface area contributed by atoms with Crippen molar-refractivity contribution in [2.24, 2.45) is 0 Å². The maximum atomic E-state index is 12.1. The Morgan fingerprint density at radius 2 is 2.26 bits per heavy atom. The van der Waals surface area contributed by atoms with Crippen LogP contribution in [0.5, 0.6) is 5.75 Å². The number of aromatic hydroxyl groups is 1.